The number of aryl methyl sites for hydroxylation is 1. The lowest BCUT2D eigenvalue weighted by molar-refractivity contribution is -0.157. The lowest BCUT2D eigenvalue weighted by atomic mass is 10.00. The second-order valence-corrected chi connectivity index (χ2v) is 10.6. The van der Waals surface area contributed by atoms with Gasteiger partial charge in [-0.05, 0) is 82.5 Å². The molecule has 2 aromatic rings. The summed E-state index contributed by atoms with van der Waals surface area (Å²) in [6.45, 7) is 10.6. The van der Waals surface area contributed by atoms with Gasteiger partial charge in [-0.3, -0.25) is 0 Å². The van der Waals surface area contributed by atoms with Crippen molar-refractivity contribution in [3.63, 3.8) is 0 Å². The number of carbonyl (C=O) groups excluding carboxylic acids is 1. The second kappa shape index (κ2) is 10.0. The summed E-state index contributed by atoms with van der Waals surface area (Å²) in [5.41, 5.74) is 1.46. The molecule has 1 unspecified atom stereocenters. The van der Waals surface area contributed by atoms with Crippen molar-refractivity contribution >= 4 is 27.6 Å². The van der Waals surface area contributed by atoms with Gasteiger partial charge in [-0.1, -0.05) is 24.6 Å². The molecule has 8 heteroatoms. The van der Waals surface area contributed by atoms with Crippen LogP contribution in [0.1, 0.15) is 46.6 Å². The van der Waals surface area contributed by atoms with Crippen molar-refractivity contribution in [2.45, 2.75) is 64.5 Å². The maximum atomic E-state index is 12.8. The number of esters is 1. The van der Waals surface area contributed by atoms with E-state index in [2.05, 4.69) is 4.72 Å². The Morgan fingerprint density at radius 1 is 1.13 bits per heavy atom. The first-order valence-electron chi connectivity index (χ1n) is 10.1. The fourth-order valence-electron chi connectivity index (χ4n) is 2.82. The first-order valence-corrected chi connectivity index (χ1v) is 12.0. The molecule has 2 rings (SSSR count). The van der Waals surface area contributed by atoms with Gasteiger partial charge in [0.05, 0.1) is 4.90 Å². The molecule has 0 saturated heterocycles. The van der Waals surface area contributed by atoms with Crippen LogP contribution in [0.4, 0.5) is 0 Å². The number of halogens is 1. The molecular formula is C23H30ClNO5S. The Labute approximate surface area is 190 Å². The number of carbonyl (C=O) groups is 1. The van der Waals surface area contributed by atoms with Gasteiger partial charge in [-0.2, -0.15) is 0 Å². The first kappa shape index (κ1) is 25.2. The number of ether oxygens (including phenoxy) is 2. The van der Waals surface area contributed by atoms with Crippen molar-refractivity contribution in [2.24, 2.45) is 0 Å². The Hall–Kier alpha value is -2.09. The van der Waals surface area contributed by atoms with Gasteiger partial charge in [0.15, 0.2) is 6.61 Å². The predicted octanol–water partition coefficient (Wildman–Crippen LogP) is 5.11. The van der Waals surface area contributed by atoms with Crippen LogP contribution in [-0.4, -0.2) is 32.6 Å². The van der Waals surface area contributed by atoms with E-state index >= 15 is 0 Å². The van der Waals surface area contributed by atoms with E-state index in [1.165, 1.54) is 0 Å². The SMILES string of the molecule is CCC(C)NS(=O)(=O)c1ccc(C)c(-c2cc(Cl)ccc2OCC(=O)OC(C)(C)C)c1. The maximum absolute atomic E-state index is 12.8. The van der Waals surface area contributed by atoms with Gasteiger partial charge in [-0.15, -0.1) is 0 Å². The summed E-state index contributed by atoms with van der Waals surface area (Å²) in [5.74, 6) is -0.0954. The van der Waals surface area contributed by atoms with Gasteiger partial charge >= 0.3 is 5.97 Å². The number of rotatable bonds is 8. The van der Waals surface area contributed by atoms with E-state index in [4.69, 9.17) is 21.1 Å². The minimum atomic E-state index is -3.69. The summed E-state index contributed by atoms with van der Waals surface area (Å²) >= 11 is 6.21. The van der Waals surface area contributed by atoms with Crippen LogP contribution in [0.15, 0.2) is 41.3 Å². The first-order chi connectivity index (χ1) is 14.3. The average Bonchev–Trinajstić information content (AvgIpc) is 2.65. The van der Waals surface area contributed by atoms with Crippen molar-refractivity contribution in [2.75, 3.05) is 6.61 Å². The average molecular weight is 468 g/mol. The van der Waals surface area contributed by atoms with E-state index in [0.29, 0.717) is 28.3 Å². The van der Waals surface area contributed by atoms with Crippen LogP contribution in [0.3, 0.4) is 0 Å². The Morgan fingerprint density at radius 2 is 1.81 bits per heavy atom. The van der Waals surface area contributed by atoms with Crippen molar-refractivity contribution < 1.29 is 22.7 Å². The number of sulfonamides is 1. The zero-order valence-corrected chi connectivity index (χ0v) is 20.4. The Kier molecular flexibility index (Phi) is 8.14. The molecule has 0 aromatic heterocycles. The monoisotopic (exact) mass is 467 g/mol. The molecule has 1 atom stereocenters. The van der Waals surface area contributed by atoms with Crippen LogP contribution in [-0.2, 0) is 19.6 Å². The van der Waals surface area contributed by atoms with E-state index in [1.807, 2.05) is 20.8 Å². The summed E-state index contributed by atoms with van der Waals surface area (Å²) in [6.07, 6.45) is 0.675. The predicted molar refractivity (Wildman–Crippen MR) is 123 cm³/mol. The van der Waals surface area contributed by atoms with Crippen molar-refractivity contribution in [3.05, 3.63) is 47.0 Å². The molecule has 31 heavy (non-hydrogen) atoms. The third-order valence-corrected chi connectivity index (χ3v) is 6.31. The molecule has 0 heterocycles. The third kappa shape index (κ3) is 7.23. The molecule has 170 valence electrons. The molecule has 0 amide bonds. The molecule has 6 nitrogen and oxygen atoms in total. The molecule has 0 bridgehead atoms. The van der Waals surface area contributed by atoms with Crippen LogP contribution in [0.5, 0.6) is 5.75 Å². The fourth-order valence-corrected chi connectivity index (χ4v) is 4.35. The standard InChI is InChI=1S/C23H30ClNO5S/c1-7-16(3)25-31(27,28)18-10-8-15(2)19(13-18)20-12-17(24)9-11-21(20)29-14-22(26)30-23(4,5)6/h8-13,16,25H,7,14H2,1-6H3. The van der Waals surface area contributed by atoms with Gasteiger partial charge in [0.1, 0.15) is 11.4 Å². The van der Waals surface area contributed by atoms with Crippen LogP contribution in [0.25, 0.3) is 11.1 Å². The van der Waals surface area contributed by atoms with E-state index in [9.17, 15) is 13.2 Å². The molecule has 1 N–H and O–H groups in total. The second-order valence-electron chi connectivity index (χ2n) is 8.42. The smallest absolute Gasteiger partial charge is 0.344 e. The van der Waals surface area contributed by atoms with Gasteiger partial charge in [-0.25, -0.2) is 17.9 Å². The highest BCUT2D eigenvalue weighted by Crippen LogP contribution is 2.36. The van der Waals surface area contributed by atoms with Gasteiger partial charge in [0.25, 0.3) is 0 Å². The quantitative estimate of drug-likeness (QED) is 0.545. The molecule has 0 spiro atoms. The molecule has 0 radical (unpaired) electrons. The molecule has 0 fully saturated rings. The number of benzene rings is 2. The summed E-state index contributed by atoms with van der Waals surface area (Å²) in [7, 11) is -3.69. The van der Waals surface area contributed by atoms with Crippen molar-refractivity contribution in [1.82, 2.24) is 4.72 Å². The molecular weight excluding hydrogens is 438 g/mol. The number of hydrogen-bond donors (Lipinski definition) is 1. The Bertz CT molecular complexity index is 1040. The Balaban J connectivity index is 2.42. The zero-order chi connectivity index (χ0) is 23.4. The van der Waals surface area contributed by atoms with Crippen LogP contribution >= 0.6 is 11.6 Å². The van der Waals surface area contributed by atoms with Crippen molar-refractivity contribution in [1.29, 1.82) is 0 Å². The van der Waals surface area contributed by atoms with Crippen LogP contribution in [0, 0.1) is 6.92 Å². The minimum absolute atomic E-state index is 0.145. The lowest BCUT2D eigenvalue weighted by Gasteiger charge is -2.20. The highest BCUT2D eigenvalue weighted by Gasteiger charge is 2.21. The van der Waals surface area contributed by atoms with Gasteiger partial charge < -0.3 is 9.47 Å². The third-order valence-electron chi connectivity index (χ3n) is 4.49. The topological polar surface area (TPSA) is 81.7 Å². The van der Waals surface area contributed by atoms with E-state index < -0.39 is 21.6 Å². The molecule has 0 aliphatic carbocycles. The molecule has 0 saturated carbocycles. The van der Waals surface area contributed by atoms with E-state index in [1.54, 1.807) is 57.2 Å². The molecule has 0 aliphatic heterocycles. The maximum Gasteiger partial charge on any atom is 0.344 e. The summed E-state index contributed by atoms with van der Waals surface area (Å²) in [6, 6.07) is 9.69. The van der Waals surface area contributed by atoms with E-state index in [-0.39, 0.29) is 17.5 Å². The summed E-state index contributed by atoms with van der Waals surface area (Å²) < 4.78 is 39.2. The summed E-state index contributed by atoms with van der Waals surface area (Å²) in [4.78, 5) is 12.2. The number of nitrogens with one attached hydrogen (secondary N) is 1. The van der Waals surface area contributed by atoms with Crippen LogP contribution < -0.4 is 9.46 Å². The highest BCUT2D eigenvalue weighted by atomic mass is 35.5. The number of hydrogen-bond acceptors (Lipinski definition) is 5. The Morgan fingerprint density at radius 3 is 2.42 bits per heavy atom. The highest BCUT2D eigenvalue weighted by molar-refractivity contribution is 7.89. The molecule has 0 aliphatic rings. The van der Waals surface area contributed by atoms with Gasteiger partial charge in [0, 0.05) is 16.6 Å². The lowest BCUT2D eigenvalue weighted by Crippen LogP contribution is -2.32. The van der Waals surface area contributed by atoms with Crippen LogP contribution in [0.2, 0.25) is 5.02 Å². The van der Waals surface area contributed by atoms with Gasteiger partial charge in [0.2, 0.25) is 10.0 Å². The zero-order valence-electron chi connectivity index (χ0n) is 18.8. The molecule has 2 aromatic carbocycles. The summed E-state index contributed by atoms with van der Waals surface area (Å²) in [5, 5.41) is 0.463. The largest absolute Gasteiger partial charge is 0.481 e. The fraction of sp³-hybridized carbons (Fsp3) is 0.435. The normalized spacial score (nSPS) is 13.0. The van der Waals surface area contributed by atoms with E-state index in [0.717, 1.165) is 5.56 Å². The van der Waals surface area contributed by atoms with Crippen molar-refractivity contribution in [3.8, 4) is 16.9 Å². The minimum Gasteiger partial charge on any atom is -0.481 e.